The van der Waals surface area contributed by atoms with Gasteiger partial charge in [-0.15, -0.1) is 0 Å². The van der Waals surface area contributed by atoms with Crippen LogP contribution < -0.4 is 10.6 Å². The monoisotopic (exact) mass is 450 g/mol. The molecule has 1 aliphatic rings. The second-order valence-corrected chi connectivity index (χ2v) is 9.53. The Morgan fingerprint density at radius 3 is 2.62 bits per heavy atom. The van der Waals surface area contributed by atoms with Crippen molar-refractivity contribution < 1.29 is 9.59 Å². The Morgan fingerprint density at radius 1 is 1.09 bits per heavy atom. The number of amides is 2. The SMILES string of the molecule is CC(=O)Nc1nc2ccc(CC(=O)NCCN3CCC(Cc4ccccc4)CC3)cc2s1. The molecule has 0 aliphatic carbocycles. The van der Waals surface area contributed by atoms with Crippen molar-refractivity contribution in [2.75, 3.05) is 31.5 Å². The molecule has 32 heavy (non-hydrogen) atoms. The fourth-order valence-corrected chi connectivity index (χ4v) is 5.22. The molecular weight excluding hydrogens is 420 g/mol. The summed E-state index contributed by atoms with van der Waals surface area (Å²) >= 11 is 1.42. The second-order valence-electron chi connectivity index (χ2n) is 8.50. The highest BCUT2D eigenvalue weighted by Crippen LogP contribution is 2.27. The van der Waals surface area contributed by atoms with Gasteiger partial charge < -0.3 is 15.5 Å². The summed E-state index contributed by atoms with van der Waals surface area (Å²) in [5.41, 5.74) is 3.22. The summed E-state index contributed by atoms with van der Waals surface area (Å²) in [7, 11) is 0. The molecule has 0 unspecified atom stereocenters. The van der Waals surface area contributed by atoms with Crippen LogP contribution in [0.1, 0.15) is 30.9 Å². The van der Waals surface area contributed by atoms with Crippen molar-refractivity contribution in [1.29, 1.82) is 0 Å². The number of hydrogen-bond acceptors (Lipinski definition) is 5. The number of rotatable bonds is 8. The first-order valence-corrected chi connectivity index (χ1v) is 12.1. The Bertz CT molecular complexity index is 1060. The molecule has 2 amide bonds. The number of thiazole rings is 1. The first-order chi connectivity index (χ1) is 15.5. The summed E-state index contributed by atoms with van der Waals surface area (Å²) in [5.74, 6) is 0.662. The maximum Gasteiger partial charge on any atom is 0.224 e. The predicted octanol–water partition coefficient (Wildman–Crippen LogP) is 3.87. The number of hydrogen-bond donors (Lipinski definition) is 2. The zero-order chi connectivity index (χ0) is 22.3. The highest BCUT2D eigenvalue weighted by Gasteiger charge is 2.19. The number of anilines is 1. The molecule has 0 radical (unpaired) electrons. The first kappa shape index (κ1) is 22.4. The fraction of sp³-hybridized carbons (Fsp3) is 0.400. The summed E-state index contributed by atoms with van der Waals surface area (Å²) in [6.45, 7) is 5.25. The van der Waals surface area contributed by atoms with Gasteiger partial charge in [0, 0.05) is 20.0 Å². The Labute approximate surface area is 193 Å². The van der Waals surface area contributed by atoms with Crippen LogP contribution in [0.5, 0.6) is 0 Å². The number of aromatic nitrogens is 1. The summed E-state index contributed by atoms with van der Waals surface area (Å²) < 4.78 is 0.970. The molecule has 0 atom stereocenters. The third-order valence-electron chi connectivity index (χ3n) is 5.93. The minimum absolute atomic E-state index is 0.0370. The van der Waals surface area contributed by atoms with Crippen molar-refractivity contribution in [2.24, 2.45) is 5.92 Å². The van der Waals surface area contributed by atoms with Gasteiger partial charge in [-0.05, 0) is 61.5 Å². The highest BCUT2D eigenvalue weighted by atomic mass is 32.1. The van der Waals surface area contributed by atoms with E-state index in [9.17, 15) is 9.59 Å². The minimum atomic E-state index is -0.135. The number of benzene rings is 2. The van der Waals surface area contributed by atoms with E-state index in [0.29, 0.717) is 18.1 Å². The number of likely N-dealkylation sites (tertiary alicyclic amines) is 1. The lowest BCUT2D eigenvalue weighted by atomic mass is 9.90. The van der Waals surface area contributed by atoms with E-state index in [1.165, 1.54) is 43.1 Å². The molecule has 2 N–H and O–H groups in total. The summed E-state index contributed by atoms with van der Waals surface area (Å²) in [5, 5.41) is 6.36. The Hall–Kier alpha value is -2.77. The number of carbonyl (C=O) groups is 2. The quantitative estimate of drug-likeness (QED) is 0.546. The maximum absolute atomic E-state index is 12.4. The zero-order valence-electron chi connectivity index (χ0n) is 18.5. The van der Waals surface area contributed by atoms with Gasteiger partial charge in [-0.25, -0.2) is 4.98 Å². The van der Waals surface area contributed by atoms with Crippen LogP contribution in [0.25, 0.3) is 10.2 Å². The van der Waals surface area contributed by atoms with E-state index in [0.717, 1.165) is 41.3 Å². The van der Waals surface area contributed by atoms with Crippen molar-refractivity contribution in [1.82, 2.24) is 15.2 Å². The molecule has 2 heterocycles. The number of nitrogens with one attached hydrogen (secondary N) is 2. The van der Waals surface area contributed by atoms with Crippen molar-refractivity contribution in [3.63, 3.8) is 0 Å². The van der Waals surface area contributed by atoms with Crippen molar-refractivity contribution in [2.45, 2.75) is 32.6 Å². The molecule has 3 aromatic rings. The molecule has 7 heteroatoms. The normalized spacial score (nSPS) is 15.0. The number of piperidine rings is 1. The van der Waals surface area contributed by atoms with E-state index in [-0.39, 0.29) is 11.8 Å². The van der Waals surface area contributed by atoms with Gasteiger partial charge in [0.25, 0.3) is 0 Å². The third-order valence-corrected chi connectivity index (χ3v) is 6.86. The van der Waals surface area contributed by atoms with E-state index in [1.54, 1.807) is 0 Å². The molecular formula is C25H30N4O2S. The Balaban J connectivity index is 1.17. The maximum atomic E-state index is 12.4. The molecule has 168 valence electrons. The van der Waals surface area contributed by atoms with Crippen LogP contribution in [0, 0.1) is 5.92 Å². The smallest absolute Gasteiger partial charge is 0.224 e. The fourth-order valence-electron chi connectivity index (χ4n) is 4.25. The van der Waals surface area contributed by atoms with Gasteiger partial charge in [-0.2, -0.15) is 0 Å². The van der Waals surface area contributed by atoms with Gasteiger partial charge in [0.05, 0.1) is 16.6 Å². The molecule has 1 aliphatic heterocycles. The average Bonchev–Trinajstić information content (AvgIpc) is 3.16. The van der Waals surface area contributed by atoms with E-state index in [4.69, 9.17) is 0 Å². The van der Waals surface area contributed by atoms with Crippen molar-refractivity contribution >= 4 is 38.5 Å². The Morgan fingerprint density at radius 2 is 1.88 bits per heavy atom. The molecule has 2 aromatic carbocycles. The highest BCUT2D eigenvalue weighted by molar-refractivity contribution is 7.22. The van der Waals surface area contributed by atoms with Crippen LogP contribution in [0.4, 0.5) is 5.13 Å². The van der Waals surface area contributed by atoms with Crippen LogP contribution in [-0.2, 0) is 22.4 Å². The standard InChI is InChI=1S/C25H30N4O2S/c1-18(30)27-25-28-22-8-7-21(16-23(22)32-25)17-24(31)26-11-14-29-12-9-20(10-13-29)15-19-5-3-2-4-6-19/h2-8,16,20H,9-15,17H2,1H3,(H,26,31)(H,27,28,30). The van der Waals surface area contributed by atoms with E-state index < -0.39 is 0 Å². The van der Waals surface area contributed by atoms with E-state index in [2.05, 4.69) is 50.8 Å². The van der Waals surface area contributed by atoms with Gasteiger partial charge in [0.2, 0.25) is 11.8 Å². The molecule has 6 nitrogen and oxygen atoms in total. The third kappa shape index (κ3) is 6.37. The minimum Gasteiger partial charge on any atom is -0.355 e. The number of fused-ring (bicyclic) bond motifs is 1. The average molecular weight is 451 g/mol. The molecule has 4 rings (SSSR count). The summed E-state index contributed by atoms with van der Waals surface area (Å²) in [4.78, 5) is 30.4. The van der Waals surface area contributed by atoms with Crippen molar-refractivity contribution in [3.8, 4) is 0 Å². The molecule has 0 saturated carbocycles. The number of nitrogens with zero attached hydrogens (tertiary/aromatic N) is 2. The van der Waals surface area contributed by atoms with Crippen LogP contribution in [0.2, 0.25) is 0 Å². The Kier molecular flexibility index (Phi) is 7.50. The lowest BCUT2D eigenvalue weighted by Crippen LogP contribution is -2.40. The molecule has 1 saturated heterocycles. The van der Waals surface area contributed by atoms with Crippen LogP contribution in [0.3, 0.4) is 0 Å². The predicted molar refractivity (Wildman–Crippen MR) is 130 cm³/mol. The van der Waals surface area contributed by atoms with E-state index >= 15 is 0 Å². The summed E-state index contributed by atoms with van der Waals surface area (Å²) in [6.07, 6.45) is 3.96. The van der Waals surface area contributed by atoms with Gasteiger partial charge >= 0.3 is 0 Å². The molecule has 1 aromatic heterocycles. The van der Waals surface area contributed by atoms with Gasteiger partial charge in [-0.1, -0.05) is 47.7 Å². The van der Waals surface area contributed by atoms with E-state index in [1.807, 2.05) is 18.2 Å². The van der Waals surface area contributed by atoms with Crippen LogP contribution in [0.15, 0.2) is 48.5 Å². The largest absolute Gasteiger partial charge is 0.355 e. The summed E-state index contributed by atoms with van der Waals surface area (Å²) in [6, 6.07) is 16.6. The van der Waals surface area contributed by atoms with Crippen LogP contribution in [-0.4, -0.2) is 47.9 Å². The molecule has 0 bridgehead atoms. The zero-order valence-corrected chi connectivity index (χ0v) is 19.3. The molecule has 0 spiro atoms. The lowest BCUT2D eigenvalue weighted by Gasteiger charge is -2.32. The van der Waals surface area contributed by atoms with Gasteiger partial charge in [-0.3, -0.25) is 9.59 Å². The second kappa shape index (κ2) is 10.7. The van der Waals surface area contributed by atoms with Crippen molar-refractivity contribution in [3.05, 3.63) is 59.7 Å². The molecule has 1 fully saturated rings. The first-order valence-electron chi connectivity index (χ1n) is 11.3. The van der Waals surface area contributed by atoms with Gasteiger partial charge in [0.1, 0.15) is 0 Å². The number of carbonyl (C=O) groups excluding carboxylic acids is 2. The lowest BCUT2D eigenvalue weighted by molar-refractivity contribution is -0.120. The van der Waals surface area contributed by atoms with Gasteiger partial charge in [0.15, 0.2) is 5.13 Å². The van der Waals surface area contributed by atoms with Crippen LogP contribution >= 0.6 is 11.3 Å². The topological polar surface area (TPSA) is 74.3 Å².